The van der Waals surface area contributed by atoms with Gasteiger partial charge in [0, 0.05) is 31.1 Å². The summed E-state index contributed by atoms with van der Waals surface area (Å²) in [6, 6.07) is 0. The number of rotatable bonds is 37. The van der Waals surface area contributed by atoms with Gasteiger partial charge in [-0.15, -0.1) is 0 Å². The Hall–Kier alpha value is -3.26. The zero-order chi connectivity index (χ0) is 45.7. The summed E-state index contributed by atoms with van der Waals surface area (Å²) in [5, 5.41) is 39.1. The van der Waals surface area contributed by atoms with E-state index in [4.69, 9.17) is 19.1 Å². The van der Waals surface area contributed by atoms with Crippen molar-refractivity contribution in [3.05, 3.63) is 85.1 Å². The minimum Gasteiger partial charge on any atom is -0.462 e. The molecule has 0 aromatic rings. The van der Waals surface area contributed by atoms with E-state index in [2.05, 4.69) is 79.1 Å². The van der Waals surface area contributed by atoms with E-state index in [1.807, 2.05) is 12.2 Å². The smallest absolute Gasteiger partial charge is 0.462 e. The molecule has 62 heavy (non-hydrogen) atoms. The average Bonchev–Trinajstić information content (AvgIpc) is 3.52. The molecule has 1 rings (SSSR count). The van der Waals surface area contributed by atoms with Crippen LogP contribution in [0.2, 0.25) is 0 Å². The number of phosphoric acid groups is 1. The number of ketones is 1. The number of carbonyl (C=O) groups excluding carboxylic acids is 3. The molecule has 0 aromatic heterocycles. The largest absolute Gasteiger partial charge is 0.472 e. The molecular weight excluding hydrogens is 815 g/mol. The van der Waals surface area contributed by atoms with Gasteiger partial charge in [-0.25, -0.2) is 4.57 Å². The predicted molar refractivity (Wildman–Crippen MR) is 243 cm³/mol. The molecule has 7 atom stereocenters. The number of aliphatic hydroxyl groups excluding tert-OH is 4. The number of aliphatic hydroxyl groups is 4. The third kappa shape index (κ3) is 30.7. The number of hydrogen-bond acceptors (Lipinski definition) is 12. The van der Waals surface area contributed by atoms with Crippen LogP contribution in [-0.2, 0) is 37.5 Å². The van der Waals surface area contributed by atoms with Gasteiger partial charge in [0.25, 0.3) is 0 Å². The van der Waals surface area contributed by atoms with Gasteiger partial charge in [0.15, 0.2) is 6.10 Å². The van der Waals surface area contributed by atoms with Gasteiger partial charge in [-0.2, -0.15) is 0 Å². The third-order valence-electron chi connectivity index (χ3n) is 9.90. The first-order valence-corrected chi connectivity index (χ1v) is 24.1. The highest BCUT2D eigenvalue weighted by Crippen LogP contribution is 2.43. The molecule has 0 heterocycles. The van der Waals surface area contributed by atoms with Crippen LogP contribution in [0.5, 0.6) is 0 Å². The summed E-state index contributed by atoms with van der Waals surface area (Å²) >= 11 is 0. The van der Waals surface area contributed by atoms with Gasteiger partial charge in [-0.05, 0) is 77.0 Å². The normalized spacial score (nSPS) is 19.9. The standard InChI is InChI=1S/C48H77O13P/c1-3-5-7-8-9-10-11-12-13-14-15-16-17-18-19-20-21-22-27-31-47(54)58-38-42(39-60-62(56,57)59-37-41(51)36-49)61-48(55)32-28-24-23-26-30-43-44(46(53)35-45(43)52)34-33-40(50)29-25-6-4-2/h5,7,9-10,12-13,15-16,18-19,23,26,33-34,40-44,46,49-51,53H,3-4,6,8,11,14,17,20-22,24-25,27-32,35-39H2,1-2H3,(H,56,57)/b7-5-,10-9-,13-12-,16-15-,19-18-,26-23-,34-33+/t40-,41-,42+,43+,44+,46+/m0/s1. The predicted octanol–water partition coefficient (Wildman–Crippen LogP) is 8.81. The quantitative estimate of drug-likeness (QED) is 0.0171. The number of unbranched alkanes of at least 4 members (excludes halogenated alkanes) is 6. The maximum Gasteiger partial charge on any atom is 0.472 e. The first kappa shape index (κ1) is 56.8. The van der Waals surface area contributed by atoms with E-state index in [1.165, 1.54) is 0 Å². The van der Waals surface area contributed by atoms with Crippen LogP contribution >= 0.6 is 7.82 Å². The van der Waals surface area contributed by atoms with Gasteiger partial charge in [0.1, 0.15) is 18.5 Å². The summed E-state index contributed by atoms with van der Waals surface area (Å²) in [5.41, 5.74) is 0. The van der Waals surface area contributed by atoms with Crippen molar-refractivity contribution in [1.82, 2.24) is 0 Å². The second kappa shape index (κ2) is 37.1. The van der Waals surface area contributed by atoms with Gasteiger partial charge in [-0.3, -0.25) is 23.4 Å². The van der Waals surface area contributed by atoms with Crippen molar-refractivity contribution in [2.24, 2.45) is 11.8 Å². The third-order valence-corrected chi connectivity index (χ3v) is 10.9. The van der Waals surface area contributed by atoms with E-state index >= 15 is 0 Å². The van der Waals surface area contributed by atoms with Crippen LogP contribution < -0.4 is 0 Å². The van der Waals surface area contributed by atoms with Crippen molar-refractivity contribution < 1.29 is 62.8 Å². The molecule has 0 amide bonds. The number of esters is 2. The van der Waals surface area contributed by atoms with Gasteiger partial charge in [-0.1, -0.05) is 125 Å². The molecule has 1 aliphatic rings. The van der Waals surface area contributed by atoms with Crippen molar-refractivity contribution in [1.29, 1.82) is 0 Å². The van der Waals surface area contributed by atoms with Crippen molar-refractivity contribution in [3.63, 3.8) is 0 Å². The van der Waals surface area contributed by atoms with E-state index in [1.54, 1.807) is 12.2 Å². The Labute approximate surface area is 371 Å². The Kier molecular flexibility index (Phi) is 34.0. The summed E-state index contributed by atoms with van der Waals surface area (Å²) in [6.45, 7) is 1.79. The minimum absolute atomic E-state index is 0.0228. The highest BCUT2D eigenvalue weighted by molar-refractivity contribution is 7.47. The van der Waals surface area contributed by atoms with Crippen molar-refractivity contribution in [2.45, 2.75) is 160 Å². The summed E-state index contributed by atoms with van der Waals surface area (Å²) in [7, 11) is -4.71. The molecule has 1 aliphatic carbocycles. The van der Waals surface area contributed by atoms with E-state index in [0.29, 0.717) is 32.1 Å². The van der Waals surface area contributed by atoms with E-state index in [-0.39, 0.29) is 31.0 Å². The van der Waals surface area contributed by atoms with Crippen molar-refractivity contribution in [2.75, 3.05) is 26.4 Å². The first-order chi connectivity index (χ1) is 29.9. The number of Topliss-reactive ketones (excluding diaryl/α,β-unsaturated/α-hetero) is 1. The van der Waals surface area contributed by atoms with Crippen LogP contribution in [-0.4, -0.2) is 93.9 Å². The molecule has 1 unspecified atom stereocenters. The Bertz CT molecular complexity index is 1470. The average molecular weight is 893 g/mol. The van der Waals surface area contributed by atoms with Gasteiger partial charge in [0.05, 0.1) is 32.0 Å². The van der Waals surface area contributed by atoms with E-state index in [9.17, 15) is 39.2 Å². The lowest BCUT2D eigenvalue weighted by Gasteiger charge is -2.20. The molecular formula is C48H77O13P. The fourth-order valence-electron chi connectivity index (χ4n) is 6.35. The molecule has 0 aliphatic heterocycles. The van der Waals surface area contributed by atoms with Crippen LogP contribution in [0.4, 0.5) is 0 Å². The lowest BCUT2D eigenvalue weighted by Crippen LogP contribution is -2.29. The molecule has 0 bridgehead atoms. The molecule has 352 valence electrons. The first-order valence-electron chi connectivity index (χ1n) is 22.6. The molecule has 5 N–H and O–H groups in total. The monoisotopic (exact) mass is 893 g/mol. The van der Waals surface area contributed by atoms with Crippen LogP contribution in [0.15, 0.2) is 85.1 Å². The summed E-state index contributed by atoms with van der Waals surface area (Å²) < 4.78 is 32.7. The topological polar surface area (TPSA) is 206 Å². The fourth-order valence-corrected chi connectivity index (χ4v) is 7.14. The summed E-state index contributed by atoms with van der Waals surface area (Å²) in [4.78, 5) is 47.8. The Morgan fingerprint density at radius 3 is 1.98 bits per heavy atom. The Balaban J connectivity index is 2.49. The summed E-state index contributed by atoms with van der Waals surface area (Å²) in [6.07, 6.45) is 37.7. The van der Waals surface area contributed by atoms with Gasteiger partial charge >= 0.3 is 19.8 Å². The maximum atomic E-state index is 12.7. The Morgan fingerprint density at radius 1 is 0.742 bits per heavy atom. The molecule has 13 nitrogen and oxygen atoms in total. The second-order valence-electron chi connectivity index (χ2n) is 15.5. The van der Waals surface area contributed by atoms with Crippen LogP contribution in [0.1, 0.15) is 136 Å². The molecule has 0 spiro atoms. The van der Waals surface area contributed by atoms with Gasteiger partial charge < -0.3 is 34.8 Å². The lowest BCUT2D eigenvalue weighted by molar-refractivity contribution is -0.161. The number of carbonyl (C=O) groups is 3. The van der Waals surface area contributed by atoms with Crippen LogP contribution in [0.3, 0.4) is 0 Å². The number of ether oxygens (including phenoxy) is 2. The molecule has 14 heteroatoms. The SMILES string of the molecule is CC/C=C\C/C=C\C/C=C\C/C=C\C/C=C\CCCCCC(=O)OC[C@H](COP(=O)(O)OC[C@@H](O)CO)OC(=O)CCC/C=C\C[C@H]1C(=O)C[C@@H](O)[C@@H]1/C=C/[C@@H](O)CCCCC. The molecule has 0 aromatic carbocycles. The van der Waals surface area contributed by atoms with Crippen molar-refractivity contribution >= 4 is 25.5 Å². The van der Waals surface area contributed by atoms with Crippen LogP contribution in [0, 0.1) is 11.8 Å². The number of phosphoric ester groups is 1. The molecule has 1 fully saturated rings. The summed E-state index contributed by atoms with van der Waals surface area (Å²) in [5.74, 6) is -1.99. The van der Waals surface area contributed by atoms with Crippen molar-refractivity contribution in [3.8, 4) is 0 Å². The maximum absolute atomic E-state index is 12.7. The van der Waals surface area contributed by atoms with E-state index < -0.39 is 76.5 Å². The zero-order valence-electron chi connectivity index (χ0n) is 37.3. The minimum atomic E-state index is -4.71. The van der Waals surface area contributed by atoms with Gasteiger partial charge in [0.2, 0.25) is 0 Å². The number of hydrogen-bond donors (Lipinski definition) is 5. The fraction of sp³-hybridized carbons (Fsp3) is 0.646. The number of allylic oxidation sites excluding steroid dienone is 12. The molecule has 0 radical (unpaired) electrons. The molecule has 0 saturated heterocycles. The Morgan fingerprint density at radius 2 is 1.34 bits per heavy atom. The zero-order valence-corrected chi connectivity index (χ0v) is 38.2. The molecule has 1 saturated carbocycles. The highest BCUT2D eigenvalue weighted by atomic mass is 31.2. The lowest BCUT2D eigenvalue weighted by atomic mass is 9.90. The second-order valence-corrected chi connectivity index (χ2v) is 16.9. The van der Waals surface area contributed by atoms with Crippen LogP contribution in [0.25, 0.3) is 0 Å². The highest BCUT2D eigenvalue weighted by Gasteiger charge is 2.39. The van der Waals surface area contributed by atoms with E-state index in [0.717, 1.165) is 70.6 Å².